The third kappa shape index (κ3) is 29.0. The Labute approximate surface area is 810 Å². The monoisotopic (exact) mass is 2050 g/mol. The van der Waals surface area contributed by atoms with Crippen molar-refractivity contribution in [3.05, 3.63) is 417 Å². The Morgan fingerprint density at radius 3 is 1.29 bits per heavy atom. The van der Waals surface area contributed by atoms with Crippen molar-refractivity contribution in [1.82, 2.24) is 26.2 Å². The van der Waals surface area contributed by atoms with E-state index >= 15 is 0 Å². The van der Waals surface area contributed by atoms with Crippen molar-refractivity contribution < 1.29 is 52.9 Å². The smallest absolute Gasteiger partial charge is 0.274 e. The van der Waals surface area contributed by atoms with E-state index in [1.165, 1.54) is 36.3 Å². The van der Waals surface area contributed by atoms with Crippen molar-refractivity contribution in [2.75, 3.05) is 27.1 Å². The predicted molar refractivity (Wildman–Crippen MR) is 520 cm³/mol. The van der Waals surface area contributed by atoms with Gasteiger partial charge in [-0.2, -0.15) is 15.0 Å². The molecule has 0 saturated heterocycles. The van der Waals surface area contributed by atoms with Crippen LogP contribution in [0, 0.1) is 5.41 Å². The second-order valence-electron chi connectivity index (χ2n) is 28.3. The van der Waals surface area contributed by atoms with Gasteiger partial charge >= 0.3 is 0 Å². The number of hydrogen-bond acceptors (Lipinski definition) is 12. The third-order valence-electron chi connectivity index (χ3n) is 19.3. The highest BCUT2D eigenvalue weighted by Gasteiger charge is 2.35. The quantitative estimate of drug-likeness (QED) is 0.0111. The number of nitrogens with two attached hydrogens (primary N) is 3. The molecular weight excluding hydrogens is 1980 g/mol. The Morgan fingerprint density at radius 1 is 0.431 bits per heavy atom. The molecule has 666 valence electrons. The second-order valence-corrected chi connectivity index (χ2v) is 33.8. The number of nitrogens with one attached hydrogen (secondary N) is 5. The van der Waals surface area contributed by atoms with Crippen LogP contribution in [0.5, 0.6) is 0 Å². The van der Waals surface area contributed by atoms with Gasteiger partial charge in [0.15, 0.2) is 0 Å². The SMILES string of the molecule is COCOCCN(C(=O)c1cccc(Cl)c1)C(C(=O)NC(=N)c1ccccc1)c1ccc(Cl)c(Cl)c1.NC(=NC(=O)C(NC(=O)c1ccc(Br)c(Cl)c1)c1cccc(Cl)c1)c1ccccc1.NC(=NC(=O)C(NC(=O)c1ccc(Cl)c(Br)c1)c1cccc(Cl)c1)c1ccccc1.NC(=NC(=O)C(NC(=O)c1ccc2c(c1)CCCC2O)c1ccc(Cl)c(Cl)c1)c1ccccc1. The highest BCUT2D eigenvalue weighted by atomic mass is 79.9. The zero-order chi connectivity index (χ0) is 93.7. The number of aliphatic imine (C=N–C) groups is 3. The lowest BCUT2D eigenvalue weighted by Gasteiger charge is -2.31. The van der Waals surface area contributed by atoms with Gasteiger partial charge in [0.05, 0.1) is 42.8 Å². The lowest BCUT2D eigenvalue weighted by atomic mass is 9.88. The molecule has 12 aromatic carbocycles. The Balaban J connectivity index is 0.000000181. The van der Waals surface area contributed by atoms with Crippen LogP contribution in [-0.4, -0.2) is 108 Å². The summed E-state index contributed by atoms with van der Waals surface area (Å²) in [5, 5.41) is 32.5. The largest absolute Gasteiger partial charge is 0.388 e. The van der Waals surface area contributed by atoms with Crippen LogP contribution in [0.3, 0.4) is 0 Å². The average Bonchev–Trinajstić information content (AvgIpc) is 0.794. The Hall–Kier alpha value is -11.5. The summed E-state index contributed by atoms with van der Waals surface area (Å²) in [6, 6.07) is 74.6. The summed E-state index contributed by atoms with van der Waals surface area (Å²) in [5.74, 6) is -4.37. The zero-order valence-corrected chi connectivity index (χ0v) is 78.4. The first-order valence-corrected chi connectivity index (χ1v) is 44.3. The summed E-state index contributed by atoms with van der Waals surface area (Å²) in [6.07, 6.45) is 1.80. The van der Waals surface area contributed by atoms with Crippen LogP contribution in [0.2, 0.25) is 45.2 Å². The number of carbonyl (C=O) groups is 8. The van der Waals surface area contributed by atoms with Gasteiger partial charge in [0.2, 0.25) is 0 Å². The molecule has 0 aliphatic heterocycles. The number of rotatable bonds is 25. The molecule has 34 heteroatoms. The molecule has 8 amide bonds. The number of amidine groups is 4. The number of hydrogen-bond donors (Lipinski definition) is 9. The summed E-state index contributed by atoms with van der Waals surface area (Å²) < 4.78 is 11.6. The number of aliphatic hydroxyl groups is 1. The fourth-order valence-electron chi connectivity index (χ4n) is 12.8. The molecule has 23 nitrogen and oxygen atoms in total. The number of ether oxygens (including phenoxy) is 2. The van der Waals surface area contributed by atoms with Crippen molar-refractivity contribution >= 4 is 207 Å². The molecule has 0 fully saturated rings. The van der Waals surface area contributed by atoms with E-state index in [1.807, 2.05) is 24.3 Å². The molecule has 1 aliphatic rings. The lowest BCUT2D eigenvalue weighted by molar-refractivity contribution is -0.125. The molecule has 12 N–H and O–H groups in total. The van der Waals surface area contributed by atoms with Gasteiger partial charge in [-0.05, 0) is 200 Å². The molecule has 130 heavy (non-hydrogen) atoms. The summed E-state index contributed by atoms with van der Waals surface area (Å²) in [4.78, 5) is 119. The van der Waals surface area contributed by atoms with Crippen LogP contribution >= 0.6 is 136 Å². The molecular formula is C96H79Br2Cl9N12O11. The van der Waals surface area contributed by atoms with E-state index < -0.39 is 77.5 Å². The molecule has 0 aromatic heterocycles. The molecule has 0 saturated carbocycles. The molecule has 0 heterocycles. The van der Waals surface area contributed by atoms with E-state index in [-0.39, 0.29) is 58.9 Å². The minimum Gasteiger partial charge on any atom is -0.388 e. The Kier molecular flexibility index (Phi) is 38.3. The van der Waals surface area contributed by atoms with Crippen molar-refractivity contribution in [3.8, 4) is 0 Å². The van der Waals surface area contributed by atoms with Crippen molar-refractivity contribution in [2.45, 2.75) is 49.5 Å². The molecule has 0 spiro atoms. The summed E-state index contributed by atoms with van der Waals surface area (Å²) in [6.45, 7) is 0.134. The standard InChI is InChI=1S/C26H24Cl3N3O4.C26H23Cl2N3O3.2C22H16BrCl2N3O2/c1-35-16-36-13-12-32(26(34)19-8-5-9-20(27)14-19)23(18-10-11-21(28)22(29)15-18)25(33)31-24(30)17-6-3-2-4-7-17;27-20-12-10-17(14-21(20)28)23(26(34)31-24(29)15-5-2-1-3-6-15)30-25(33)18-9-11-19-16(13-18)7-4-8-22(19)32;23-17-12-15(9-10-18(17)25)21(29)27-19(14-7-4-8-16(24)11-14)22(30)28-20(26)13-5-2-1-3-6-13;23-17-10-9-15(12-18(17)25)21(29)27-19(14-7-4-8-16(24)11-14)22(30)28-20(26)13-5-2-1-3-6-13/h2-11,14-15,23H,12-13,16H2,1H3,(H2,30,31,33);1-3,5-6,9-14,22-23,32H,4,7-8H2,(H,30,33)(H2,29,31,34);2*1-12,19H,(H,27,29)(H2,26,28,30). The van der Waals surface area contributed by atoms with E-state index in [1.54, 1.807) is 237 Å². The maximum Gasteiger partial charge on any atom is 0.274 e. The molecule has 1 aliphatic carbocycles. The summed E-state index contributed by atoms with van der Waals surface area (Å²) >= 11 is 61.5. The lowest BCUT2D eigenvalue weighted by Crippen LogP contribution is -2.46. The highest BCUT2D eigenvalue weighted by Crippen LogP contribution is 2.35. The number of methoxy groups -OCH3 is 1. The van der Waals surface area contributed by atoms with Crippen molar-refractivity contribution in [1.29, 1.82) is 5.41 Å². The van der Waals surface area contributed by atoms with Gasteiger partial charge < -0.3 is 57.9 Å². The zero-order valence-electron chi connectivity index (χ0n) is 68.5. The van der Waals surface area contributed by atoms with Gasteiger partial charge in [0.25, 0.3) is 47.3 Å². The van der Waals surface area contributed by atoms with Gasteiger partial charge in [-0.1, -0.05) is 274 Å². The van der Waals surface area contributed by atoms with Crippen LogP contribution in [0.1, 0.15) is 140 Å². The van der Waals surface area contributed by atoms with E-state index in [0.717, 1.165) is 24.0 Å². The van der Waals surface area contributed by atoms with Crippen molar-refractivity contribution in [3.63, 3.8) is 0 Å². The number of nitrogens with zero attached hydrogens (tertiary/aromatic N) is 4. The van der Waals surface area contributed by atoms with Crippen LogP contribution in [0.15, 0.2) is 309 Å². The molecule has 5 atom stereocenters. The van der Waals surface area contributed by atoms with Gasteiger partial charge in [0.1, 0.15) is 54.3 Å². The number of benzene rings is 12. The molecule has 0 bridgehead atoms. The van der Waals surface area contributed by atoms with Crippen LogP contribution in [-0.2, 0) is 35.1 Å². The topological polar surface area (TPSA) is 366 Å². The summed E-state index contributed by atoms with van der Waals surface area (Å²) in [5.41, 5.74) is 25.2. The van der Waals surface area contributed by atoms with Gasteiger partial charge in [-0.15, -0.1) is 0 Å². The maximum atomic E-state index is 13.7. The highest BCUT2D eigenvalue weighted by molar-refractivity contribution is 9.11. The first-order valence-electron chi connectivity index (χ1n) is 39.3. The van der Waals surface area contributed by atoms with Gasteiger partial charge in [0, 0.05) is 82.2 Å². The van der Waals surface area contributed by atoms with Crippen LogP contribution in [0.4, 0.5) is 0 Å². The minimum absolute atomic E-state index is 0.0154. The number of aliphatic hydroxyl groups excluding tert-OH is 1. The van der Waals surface area contributed by atoms with Gasteiger partial charge in [-0.25, -0.2) is 0 Å². The average molecular weight is 2060 g/mol. The van der Waals surface area contributed by atoms with Crippen LogP contribution in [0.25, 0.3) is 0 Å². The minimum atomic E-state index is -1.17. The third-order valence-corrected chi connectivity index (χ3v) is 23.9. The predicted octanol–water partition coefficient (Wildman–Crippen LogP) is 20.7. The first-order chi connectivity index (χ1) is 62.3. The maximum absolute atomic E-state index is 13.7. The second kappa shape index (κ2) is 49.5. The van der Waals surface area contributed by atoms with Crippen LogP contribution < -0.4 is 38.5 Å². The molecule has 13 rings (SSSR count). The Bertz CT molecular complexity index is 6040. The molecule has 12 aromatic rings. The number of fused-ring (bicyclic) bond motifs is 1. The normalized spacial score (nSPS) is 13.2. The molecule has 5 unspecified atom stereocenters. The van der Waals surface area contributed by atoms with E-state index in [0.29, 0.717) is 112 Å². The van der Waals surface area contributed by atoms with Gasteiger partial charge in [-0.3, -0.25) is 43.8 Å². The number of carbonyl (C=O) groups excluding carboxylic acids is 8. The number of aryl methyl sites for hydroxylation is 1. The number of halogens is 11. The van der Waals surface area contributed by atoms with E-state index in [4.69, 9.17) is 136 Å². The Morgan fingerprint density at radius 2 is 0.838 bits per heavy atom. The van der Waals surface area contributed by atoms with E-state index in [2.05, 4.69) is 68.1 Å². The fourth-order valence-corrected chi connectivity index (χ4v) is 14.9. The number of amides is 8. The fraction of sp³-hybridized carbons (Fsp3) is 0.125. The first kappa shape index (κ1) is 101. The van der Waals surface area contributed by atoms with Crippen molar-refractivity contribution in [2.24, 2.45) is 32.2 Å². The molecule has 0 radical (unpaired) electrons. The summed E-state index contributed by atoms with van der Waals surface area (Å²) in [7, 11) is 1.48. The van der Waals surface area contributed by atoms with E-state index in [9.17, 15) is 43.5 Å².